The Kier molecular flexibility index (Phi) is 6.01. The number of carbonyl (C=O) groups excluding carboxylic acids is 1. The summed E-state index contributed by atoms with van der Waals surface area (Å²) in [6.45, 7) is 9.73. The summed E-state index contributed by atoms with van der Waals surface area (Å²) in [4.78, 5) is 14.7. The molecule has 0 bridgehead atoms. The summed E-state index contributed by atoms with van der Waals surface area (Å²) in [5, 5.41) is 12.9. The maximum Gasteiger partial charge on any atom is 0.233 e. The Hall–Kier alpha value is -1.73. The zero-order valence-electron chi connectivity index (χ0n) is 16.2. The highest BCUT2D eigenvalue weighted by Crippen LogP contribution is 2.31. The van der Waals surface area contributed by atoms with Crippen LogP contribution in [0.3, 0.4) is 0 Å². The van der Waals surface area contributed by atoms with E-state index in [9.17, 15) is 4.79 Å². The normalized spacial score (nSPS) is 15.8. The number of rotatable bonds is 5. The average Bonchev–Trinajstić information content (AvgIpc) is 3.22. The van der Waals surface area contributed by atoms with Gasteiger partial charge in [-0.15, -0.1) is 10.2 Å². The molecule has 0 saturated carbocycles. The molecule has 0 radical (unpaired) electrons. The van der Waals surface area contributed by atoms with E-state index in [4.69, 9.17) is 11.6 Å². The van der Waals surface area contributed by atoms with Crippen molar-refractivity contribution >= 4 is 35.2 Å². The van der Waals surface area contributed by atoms with Crippen molar-refractivity contribution in [1.29, 1.82) is 0 Å². The first-order chi connectivity index (χ1) is 12.7. The van der Waals surface area contributed by atoms with Gasteiger partial charge in [0.2, 0.25) is 11.9 Å². The van der Waals surface area contributed by atoms with Gasteiger partial charge in [0.25, 0.3) is 0 Å². The largest absolute Gasteiger partial charge is 0.351 e. The van der Waals surface area contributed by atoms with Crippen LogP contribution in [0.4, 0.5) is 5.95 Å². The van der Waals surface area contributed by atoms with Crippen LogP contribution >= 0.6 is 23.4 Å². The zero-order valence-corrected chi connectivity index (χ0v) is 17.8. The van der Waals surface area contributed by atoms with E-state index in [0.717, 1.165) is 37.6 Å². The second-order valence-corrected chi connectivity index (χ2v) is 9.54. The van der Waals surface area contributed by atoms with Gasteiger partial charge in [-0.2, -0.15) is 0 Å². The lowest BCUT2D eigenvalue weighted by atomic mass is 10.1. The molecule has 1 aromatic heterocycles. The Labute approximate surface area is 169 Å². The Morgan fingerprint density at radius 2 is 1.96 bits per heavy atom. The fourth-order valence-electron chi connectivity index (χ4n) is 2.98. The fraction of sp³-hybridized carbons (Fsp3) is 0.526. The fourth-order valence-corrected chi connectivity index (χ4v) is 4.03. The molecule has 1 atom stereocenters. The Bertz CT molecular complexity index is 811. The number of aromatic nitrogens is 3. The summed E-state index contributed by atoms with van der Waals surface area (Å²) >= 11 is 7.62. The van der Waals surface area contributed by atoms with E-state index < -0.39 is 0 Å². The number of halogens is 1. The van der Waals surface area contributed by atoms with Gasteiger partial charge in [0.15, 0.2) is 5.16 Å². The minimum Gasteiger partial charge on any atom is -0.351 e. The molecule has 0 spiro atoms. The van der Waals surface area contributed by atoms with Crippen molar-refractivity contribution in [2.45, 2.75) is 56.5 Å². The molecular formula is C19H26ClN5OS. The van der Waals surface area contributed by atoms with Crippen LogP contribution < -0.4 is 10.2 Å². The molecular weight excluding hydrogens is 382 g/mol. The standard InChI is InChI=1S/C19H26ClN5OS/c1-13(16(26)21-19(2,3)4)27-18-23-22-17(24-10-5-6-11-24)25(18)15-9-7-8-14(20)12-15/h7-9,12-13H,5-6,10-11H2,1-4H3,(H,21,26). The monoisotopic (exact) mass is 407 g/mol. The van der Waals surface area contributed by atoms with Crippen molar-refractivity contribution in [2.24, 2.45) is 0 Å². The van der Waals surface area contributed by atoms with Gasteiger partial charge >= 0.3 is 0 Å². The number of benzene rings is 1. The number of amides is 1. The molecule has 8 heteroatoms. The smallest absolute Gasteiger partial charge is 0.233 e. The molecule has 2 aromatic rings. The third-order valence-electron chi connectivity index (χ3n) is 4.22. The third-order valence-corrected chi connectivity index (χ3v) is 5.50. The number of nitrogens with one attached hydrogen (secondary N) is 1. The lowest BCUT2D eigenvalue weighted by Crippen LogP contribution is -2.44. The van der Waals surface area contributed by atoms with Crippen LogP contribution in [0.25, 0.3) is 5.69 Å². The summed E-state index contributed by atoms with van der Waals surface area (Å²) in [5.41, 5.74) is 0.632. The maximum absolute atomic E-state index is 12.5. The van der Waals surface area contributed by atoms with E-state index in [2.05, 4.69) is 20.4 Å². The third kappa shape index (κ3) is 4.96. The molecule has 1 amide bonds. The van der Waals surface area contributed by atoms with E-state index in [-0.39, 0.29) is 16.7 Å². The SMILES string of the molecule is CC(Sc1nnc(N2CCCC2)n1-c1cccc(Cl)c1)C(=O)NC(C)(C)C. The van der Waals surface area contributed by atoms with Crippen molar-refractivity contribution in [1.82, 2.24) is 20.1 Å². The summed E-state index contributed by atoms with van der Waals surface area (Å²) in [6, 6.07) is 7.64. The van der Waals surface area contributed by atoms with Gasteiger partial charge in [0.1, 0.15) is 0 Å². The molecule has 1 unspecified atom stereocenters. The number of carbonyl (C=O) groups is 1. The van der Waals surface area contributed by atoms with Crippen molar-refractivity contribution in [3.63, 3.8) is 0 Å². The summed E-state index contributed by atoms with van der Waals surface area (Å²) in [7, 11) is 0. The zero-order chi connectivity index (χ0) is 19.6. The summed E-state index contributed by atoms with van der Waals surface area (Å²) < 4.78 is 2.00. The molecule has 2 heterocycles. The lowest BCUT2D eigenvalue weighted by Gasteiger charge is -2.23. The van der Waals surface area contributed by atoms with Crippen molar-refractivity contribution in [2.75, 3.05) is 18.0 Å². The second-order valence-electron chi connectivity index (χ2n) is 7.79. The van der Waals surface area contributed by atoms with Gasteiger partial charge in [-0.3, -0.25) is 9.36 Å². The highest BCUT2D eigenvalue weighted by atomic mass is 35.5. The first kappa shape index (κ1) is 20.0. The number of hydrogen-bond acceptors (Lipinski definition) is 5. The van der Waals surface area contributed by atoms with Crippen molar-refractivity contribution in [3.05, 3.63) is 29.3 Å². The Morgan fingerprint density at radius 3 is 2.59 bits per heavy atom. The molecule has 146 valence electrons. The second kappa shape index (κ2) is 8.10. The first-order valence-corrected chi connectivity index (χ1v) is 10.5. The van der Waals surface area contributed by atoms with Crippen LogP contribution in [-0.4, -0.2) is 44.6 Å². The van der Waals surface area contributed by atoms with Crippen LogP contribution in [-0.2, 0) is 4.79 Å². The topological polar surface area (TPSA) is 63.1 Å². The van der Waals surface area contributed by atoms with Gasteiger partial charge in [0.05, 0.1) is 10.9 Å². The number of anilines is 1. The summed E-state index contributed by atoms with van der Waals surface area (Å²) in [6.07, 6.45) is 2.30. The van der Waals surface area contributed by atoms with Crippen LogP contribution in [0.2, 0.25) is 5.02 Å². The molecule has 27 heavy (non-hydrogen) atoms. The molecule has 1 fully saturated rings. The molecule has 1 aliphatic rings. The average molecular weight is 408 g/mol. The van der Waals surface area contributed by atoms with Crippen LogP contribution in [0, 0.1) is 0 Å². The van der Waals surface area contributed by atoms with Crippen molar-refractivity contribution < 1.29 is 4.79 Å². The van der Waals surface area contributed by atoms with E-state index in [1.165, 1.54) is 11.8 Å². The molecule has 1 aliphatic heterocycles. The van der Waals surface area contributed by atoms with Crippen LogP contribution in [0.15, 0.2) is 29.4 Å². The maximum atomic E-state index is 12.5. The van der Waals surface area contributed by atoms with Crippen molar-refractivity contribution in [3.8, 4) is 5.69 Å². The van der Waals surface area contributed by atoms with Gasteiger partial charge in [-0.05, 0) is 58.7 Å². The predicted octanol–water partition coefficient (Wildman–Crippen LogP) is 3.92. The van der Waals surface area contributed by atoms with Gasteiger partial charge < -0.3 is 10.2 Å². The number of nitrogens with zero attached hydrogens (tertiary/aromatic N) is 4. The molecule has 1 aromatic carbocycles. The van der Waals surface area contributed by atoms with Gasteiger partial charge in [-0.1, -0.05) is 29.4 Å². The predicted molar refractivity (Wildman–Crippen MR) is 111 cm³/mol. The van der Waals surface area contributed by atoms with Gasteiger partial charge in [0, 0.05) is 23.7 Å². The molecule has 1 N–H and O–H groups in total. The first-order valence-electron chi connectivity index (χ1n) is 9.19. The minimum atomic E-state index is -0.294. The molecule has 6 nitrogen and oxygen atoms in total. The number of hydrogen-bond donors (Lipinski definition) is 1. The van der Waals surface area contributed by atoms with Gasteiger partial charge in [-0.25, -0.2) is 0 Å². The Balaban J connectivity index is 1.92. The van der Waals surface area contributed by atoms with Crippen LogP contribution in [0.5, 0.6) is 0 Å². The lowest BCUT2D eigenvalue weighted by molar-refractivity contribution is -0.121. The quantitative estimate of drug-likeness (QED) is 0.761. The van der Waals surface area contributed by atoms with E-state index >= 15 is 0 Å². The van der Waals surface area contributed by atoms with E-state index in [1.807, 2.05) is 56.5 Å². The van der Waals surface area contributed by atoms with E-state index in [1.54, 1.807) is 0 Å². The highest BCUT2D eigenvalue weighted by Gasteiger charge is 2.26. The Morgan fingerprint density at radius 1 is 1.26 bits per heavy atom. The highest BCUT2D eigenvalue weighted by molar-refractivity contribution is 8.00. The minimum absolute atomic E-state index is 0.0177. The summed E-state index contributed by atoms with van der Waals surface area (Å²) in [5.74, 6) is 0.788. The molecule has 0 aliphatic carbocycles. The molecule has 3 rings (SSSR count). The van der Waals surface area contributed by atoms with Crippen LogP contribution in [0.1, 0.15) is 40.5 Å². The number of thioether (sulfide) groups is 1. The molecule has 1 saturated heterocycles. The van der Waals surface area contributed by atoms with E-state index in [0.29, 0.717) is 10.2 Å².